The number of nitrogens with zero attached hydrogens (tertiary/aromatic N) is 4. The van der Waals surface area contributed by atoms with Crippen molar-refractivity contribution in [1.29, 1.82) is 0 Å². The van der Waals surface area contributed by atoms with Crippen LogP contribution in [-0.4, -0.2) is 63.3 Å². The lowest BCUT2D eigenvalue weighted by atomic mass is 9.82. The van der Waals surface area contributed by atoms with Crippen molar-refractivity contribution in [2.45, 2.75) is 32.0 Å². The quantitative estimate of drug-likeness (QED) is 0.801. The second-order valence-electron chi connectivity index (χ2n) is 7.51. The number of aromatic nitrogens is 2. The molecule has 8 heteroatoms. The van der Waals surface area contributed by atoms with E-state index in [0.717, 1.165) is 12.8 Å². The normalized spacial score (nSPS) is 25.6. The van der Waals surface area contributed by atoms with E-state index in [1.807, 2.05) is 32.7 Å². The van der Waals surface area contributed by atoms with Crippen molar-refractivity contribution >= 4 is 11.8 Å². The fourth-order valence-electron chi connectivity index (χ4n) is 4.97. The largest absolute Gasteiger partial charge is 0.381 e. The van der Waals surface area contributed by atoms with Crippen molar-refractivity contribution < 1.29 is 18.8 Å². The van der Waals surface area contributed by atoms with E-state index in [9.17, 15) is 9.59 Å². The van der Waals surface area contributed by atoms with Gasteiger partial charge in [-0.2, -0.15) is 0 Å². The van der Waals surface area contributed by atoms with E-state index in [4.69, 9.17) is 9.26 Å². The minimum atomic E-state index is -0.673. The van der Waals surface area contributed by atoms with E-state index in [1.165, 1.54) is 6.26 Å². The van der Waals surface area contributed by atoms with Gasteiger partial charge in [0.25, 0.3) is 11.8 Å². The highest BCUT2D eigenvalue weighted by Gasteiger charge is 2.59. The molecule has 1 atom stereocenters. The van der Waals surface area contributed by atoms with Crippen molar-refractivity contribution in [3.8, 4) is 0 Å². The van der Waals surface area contributed by atoms with Gasteiger partial charge < -0.3 is 23.6 Å². The Morgan fingerprint density at radius 2 is 2.11 bits per heavy atom. The van der Waals surface area contributed by atoms with Crippen molar-refractivity contribution in [3.63, 3.8) is 0 Å². The molecule has 2 aromatic rings. The van der Waals surface area contributed by atoms with Crippen molar-refractivity contribution in [2.24, 2.45) is 5.92 Å². The fraction of sp³-hybridized carbons (Fsp3) is 0.526. The van der Waals surface area contributed by atoms with Gasteiger partial charge in [-0.15, -0.1) is 0 Å². The molecular weight excluding hydrogens is 348 g/mol. The minimum absolute atomic E-state index is 0.00455. The number of hydrogen-bond acceptors (Lipinski definition) is 5. The topological polar surface area (TPSA) is 80.8 Å². The Labute approximate surface area is 156 Å². The average molecular weight is 370 g/mol. The third-order valence-electron chi connectivity index (χ3n) is 6.28. The standard InChI is InChI=1S/C19H22N4O4/c1-13-15(11-27-20-13)17(24)22-7-8-23-18(25)16-3-2-6-21(16)12-19(22,23)14-4-9-26-10-5-14/h2-3,6,11,14H,4-5,7-10,12H2,1H3. The third kappa shape index (κ3) is 2.22. The summed E-state index contributed by atoms with van der Waals surface area (Å²) in [6, 6.07) is 3.74. The van der Waals surface area contributed by atoms with Crippen LogP contribution in [0.5, 0.6) is 0 Å². The average Bonchev–Trinajstić information content (AvgIpc) is 3.40. The number of amides is 2. The molecule has 5 rings (SSSR count). The zero-order valence-corrected chi connectivity index (χ0v) is 15.3. The second kappa shape index (κ2) is 5.95. The van der Waals surface area contributed by atoms with Crippen LogP contribution in [0.4, 0.5) is 0 Å². The van der Waals surface area contributed by atoms with E-state index in [2.05, 4.69) is 5.16 Å². The predicted octanol–water partition coefficient (Wildman–Crippen LogP) is 1.52. The van der Waals surface area contributed by atoms with Gasteiger partial charge >= 0.3 is 0 Å². The number of carbonyl (C=O) groups excluding carboxylic acids is 2. The Hall–Kier alpha value is -2.61. The maximum atomic E-state index is 13.4. The molecule has 0 bridgehead atoms. The van der Waals surface area contributed by atoms with Gasteiger partial charge in [-0.25, -0.2) is 0 Å². The molecule has 2 amide bonds. The maximum Gasteiger partial charge on any atom is 0.272 e. The molecule has 2 aromatic heterocycles. The maximum absolute atomic E-state index is 13.4. The van der Waals surface area contributed by atoms with Gasteiger partial charge in [0.05, 0.1) is 12.2 Å². The lowest BCUT2D eigenvalue weighted by Crippen LogP contribution is -2.66. The van der Waals surface area contributed by atoms with Crippen LogP contribution in [0.25, 0.3) is 0 Å². The van der Waals surface area contributed by atoms with E-state index in [-0.39, 0.29) is 17.7 Å². The Kier molecular flexibility index (Phi) is 3.65. The Morgan fingerprint density at radius 1 is 1.30 bits per heavy atom. The van der Waals surface area contributed by atoms with E-state index < -0.39 is 5.66 Å². The molecule has 27 heavy (non-hydrogen) atoms. The summed E-state index contributed by atoms with van der Waals surface area (Å²) in [5.74, 6) is 0.0404. The summed E-state index contributed by atoms with van der Waals surface area (Å²) < 4.78 is 12.6. The molecule has 2 saturated heterocycles. The molecule has 2 fully saturated rings. The molecule has 3 aliphatic heterocycles. The zero-order valence-electron chi connectivity index (χ0n) is 15.3. The van der Waals surface area contributed by atoms with Gasteiger partial charge in [-0.1, -0.05) is 5.16 Å². The number of hydrogen-bond donors (Lipinski definition) is 0. The molecule has 0 spiro atoms. The molecule has 0 radical (unpaired) electrons. The first-order valence-corrected chi connectivity index (χ1v) is 9.41. The summed E-state index contributed by atoms with van der Waals surface area (Å²) in [7, 11) is 0. The minimum Gasteiger partial charge on any atom is -0.381 e. The molecular formula is C19H22N4O4. The predicted molar refractivity (Wildman–Crippen MR) is 94.0 cm³/mol. The number of rotatable bonds is 2. The number of ether oxygens (including phenoxy) is 1. The second-order valence-corrected chi connectivity index (χ2v) is 7.51. The van der Waals surface area contributed by atoms with Crippen molar-refractivity contribution in [1.82, 2.24) is 19.5 Å². The molecule has 0 aliphatic carbocycles. The molecule has 3 aliphatic rings. The summed E-state index contributed by atoms with van der Waals surface area (Å²) in [6.45, 7) is 4.71. The molecule has 142 valence electrons. The molecule has 8 nitrogen and oxygen atoms in total. The smallest absolute Gasteiger partial charge is 0.272 e. The van der Waals surface area contributed by atoms with Crippen LogP contribution in [0.2, 0.25) is 0 Å². The number of fused-ring (bicyclic) bond motifs is 2. The number of carbonyl (C=O) groups is 2. The molecule has 1 unspecified atom stereocenters. The molecule has 0 saturated carbocycles. The van der Waals surface area contributed by atoms with Crippen LogP contribution in [0.15, 0.2) is 29.1 Å². The van der Waals surface area contributed by atoms with Crippen LogP contribution in [0.3, 0.4) is 0 Å². The summed E-state index contributed by atoms with van der Waals surface area (Å²) in [4.78, 5) is 30.5. The fourth-order valence-corrected chi connectivity index (χ4v) is 4.97. The van der Waals surface area contributed by atoms with Crippen molar-refractivity contribution in [2.75, 3.05) is 26.3 Å². The lowest BCUT2D eigenvalue weighted by molar-refractivity contribution is -0.0714. The molecule has 5 heterocycles. The van der Waals surface area contributed by atoms with Gasteiger partial charge in [0.15, 0.2) is 0 Å². The first-order chi connectivity index (χ1) is 13.1. The summed E-state index contributed by atoms with van der Waals surface area (Å²) in [5, 5.41) is 3.86. The molecule has 0 aromatic carbocycles. The lowest BCUT2D eigenvalue weighted by Gasteiger charge is -2.52. The van der Waals surface area contributed by atoms with E-state index in [1.54, 1.807) is 6.92 Å². The zero-order chi connectivity index (χ0) is 18.6. The summed E-state index contributed by atoms with van der Waals surface area (Å²) in [5.41, 5.74) is 1.06. The van der Waals surface area contributed by atoms with E-state index in [0.29, 0.717) is 49.8 Å². The highest BCUT2D eigenvalue weighted by atomic mass is 16.5. The number of aryl methyl sites for hydroxylation is 1. The van der Waals surface area contributed by atoms with E-state index >= 15 is 0 Å². The Bertz CT molecular complexity index is 897. The highest BCUT2D eigenvalue weighted by molar-refractivity contribution is 5.98. The first kappa shape index (κ1) is 16.6. The summed E-state index contributed by atoms with van der Waals surface area (Å²) in [6.07, 6.45) is 4.99. The van der Waals surface area contributed by atoms with Crippen LogP contribution >= 0.6 is 0 Å². The monoisotopic (exact) mass is 370 g/mol. The van der Waals surface area contributed by atoms with Gasteiger partial charge in [-0.3, -0.25) is 9.59 Å². The van der Waals surface area contributed by atoms with Gasteiger partial charge in [-0.05, 0) is 31.9 Å². The highest BCUT2D eigenvalue weighted by Crippen LogP contribution is 2.44. The van der Waals surface area contributed by atoms with Crippen LogP contribution in [0.1, 0.15) is 39.4 Å². The van der Waals surface area contributed by atoms with Gasteiger partial charge in [0, 0.05) is 38.4 Å². The van der Waals surface area contributed by atoms with Crippen molar-refractivity contribution in [3.05, 3.63) is 41.5 Å². The van der Waals surface area contributed by atoms with Crippen LogP contribution < -0.4 is 0 Å². The Morgan fingerprint density at radius 3 is 2.85 bits per heavy atom. The SMILES string of the molecule is Cc1nocc1C(=O)N1CCN2C(=O)c3cccn3CC12C1CCOCC1. The first-order valence-electron chi connectivity index (χ1n) is 9.41. The van der Waals surface area contributed by atoms with Crippen LogP contribution in [0, 0.1) is 12.8 Å². The molecule has 0 N–H and O–H groups in total. The van der Waals surface area contributed by atoms with Crippen LogP contribution in [-0.2, 0) is 11.3 Å². The Balaban J connectivity index is 1.63. The van der Waals surface area contributed by atoms with Gasteiger partial charge in [0.1, 0.15) is 23.2 Å². The van der Waals surface area contributed by atoms with Gasteiger partial charge in [0.2, 0.25) is 0 Å². The summed E-state index contributed by atoms with van der Waals surface area (Å²) >= 11 is 0. The third-order valence-corrected chi connectivity index (χ3v) is 6.28.